The Labute approximate surface area is 200 Å². The molecule has 1 amide bonds. The first-order chi connectivity index (χ1) is 15.4. The first-order valence-electron chi connectivity index (χ1n) is 9.63. The van der Waals surface area contributed by atoms with Crippen molar-refractivity contribution in [2.45, 2.75) is 6.92 Å². The highest BCUT2D eigenvalue weighted by molar-refractivity contribution is 6.42. The summed E-state index contributed by atoms with van der Waals surface area (Å²) in [4.78, 5) is 21.8. The number of nitrogens with one attached hydrogen (secondary N) is 2. The summed E-state index contributed by atoms with van der Waals surface area (Å²) in [5.74, 6) is 0.899. The Bertz CT molecular complexity index is 1270. The molecule has 5 nitrogen and oxygen atoms in total. The predicted molar refractivity (Wildman–Crippen MR) is 131 cm³/mol. The van der Waals surface area contributed by atoms with Crippen LogP contribution in [0.25, 0.3) is 11.3 Å². The van der Waals surface area contributed by atoms with Gasteiger partial charge in [0.25, 0.3) is 5.91 Å². The number of nitrogens with zero attached hydrogens (tertiary/aromatic N) is 2. The van der Waals surface area contributed by atoms with Crippen LogP contribution in [0.4, 0.5) is 17.2 Å². The maximum Gasteiger partial charge on any atom is 0.255 e. The summed E-state index contributed by atoms with van der Waals surface area (Å²) in [5, 5.41) is 6.89. The van der Waals surface area contributed by atoms with Crippen LogP contribution in [-0.4, -0.2) is 15.9 Å². The smallest absolute Gasteiger partial charge is 0.255 e. The van der Waals surface area contributed by atoms with E-state index in [9.17, 15) is 4.79 Å². The Morgan fingerprint density at radius 1 is 0.844 bits per heavy atom. The third kappa shape index (κ3) is 5.19. The molecule has 0 aliphatic carbocycles. The highest BCUT2D eigenvalue weighted by Gasteiger charge is 2.14. The van der Waals surface area contributed by atoms with Crippen molar-refractivity contribution < 1.29 is 4.79 Å². The monoisotopic (exact) mass is 482 g/mol. The number of anilines is 3. The Morgan fingerprint density at radius 2 is 1.56 bits per heavy atom. The first kappa shape index (κ1) is 22.1. The van der Waals surface area contributed by atoms with Crippen molar-refractivity contribution in [1.82, 2.24) is 9.97 Å². The molecule has 0 atom stereocenters. The highest BCUT2D eigenvalue weighted by atomic mass is 35.5. The van der Waals surface area contributed by atoms with Crippen LogP contribution in [0, 0.1) is 6.92 Å². The minimum absolute atomic E-state index is 0.259. The van der Waals surface area contributed by atoms with Gasteiger partial charge in [-0.1, -0.05) is 71.2 Å². The lowest BCUT2D eigenvalue weighted by molar-refractivity contribution is 0.102. The zero-order valence-electron chi connectivity index (χ0n) is 16.9. The van der Waals surface area contributed by atoms with Crippen molar-refractivity contribution in [3.8, 4) is 11.3 Å². The Kier molecular flexibility index (Phi) is 6.61. The molecule has 0 saturated heterocycles. The van der Waals surface area contributed by atoms with Crippen molar-refractivity contribution in [3.05, 3.63) is 99.3 Å². The van der Waals surface area contributed by atoms with Crippen LogP contribution in [0.2, 0.25) is 15.1 Å². The van der Waals surface area contributed by atoms with Gasteiger partial charge in [-0.2, -0.15) is 0 Å². The number of carbonyl (C=O) groups excluding carboxylic acids is 1. The van der Waals surface area contributed by atoms with Gasteiger partial charge in [0, 0.05) is 27.9 Å². The minimum Gasteiger partial charge on any atom is -0.340 e. The van der Waals surface area contributed by atoms with Crippen molar-refractivity contribution in [3.63, 3.8) is 0 Å². The zero-order valence-corrected chi connectivity index (χ0v) is 19.1. The maximum atomic E-state index is 12.8. The largest absolute Gasteiger partial charge is 0.340 e. The summed E-state index contributed by atoms with van der Waals surface area (Å²) in [6.07, 6.45) is 0. The summed E-state index contributed by atoms with van der Waals surface area (Å²) in [7, 11) is 0. The van der Waals surface area contributed by atoms with Crippen LogP contribution >= 0.6 is 34.8 Å². The summed E-state index contributed by atoms with van der Waals surface area (Å²) in [6, 6.07) is 21.8. The van der Waals surface area contributed by atoms with Gasteiger partial charge < -0.3 is 10.6 Å². The van der Waals surface area contributed by atoms with E-state index in [4.69, 9.17) is 34.8 Å². The van der Waals surface area contributed by atoms with Crippen LogP contribution in [0.3, 0.4) is 0 Å². The number of benzene rings is 3. The molecule has 0 saturated carbocycles. The second-order valence-electron chi connectivity index (χ2n) is 6.96. The average molecular weight is 484 g/mol. The molecule has 0 bridgehead atoms. The lowest BCUT2D eigenvalue weighted by Crippen LogP contribution is -2.13. The van der Waals surface area contributed by atoms with Gasteiger partial charge in [0.15, 0.2) is 0 Å². The molecule has 0 spiro atoms. The van der Waals surface area contributed by atoms with E-state index in [2.05, 4.69) is 20.6 Å². The standard InChI is InChI=1S/C24H17Cl3N4O/c1-14-28-21(15-6-3-2-4-7-15)13-22(29-14)30-18-9-5-8-16(10-18)24(32)31-23-19(26)11-17(25)12-20(23)27/h2-13H,1H3,(H,31,32)(H,28,29,30). The van der Waals surface area contributed by atoms with Gasteiger partial charge in [-0.25, -0.2) is 9.97 Å². The number of hydrogen-bond acceptors (Lipinski definition) is 4. The summed E-state index contributed by atoms with van der Waals surface area (Å²) in [5.41, 5.74) is 3.22. The molecule has 0 aliphatic heterocycles. The van der Waals surface area contributed by atoms with E-state index in [-0.39, 0.29) is 16.0 Å². The molecule has 3 aromatic carbocycles. The lowest BCUT2D eigenvalue weighted by Gasteiger charge is -2.12. The third-order valence-electron chi connectivity index (χ3n) is 4.55. The van der Waals surface area contributed by atoms with Gasteiger partial charge in [0.05, 0.1) is 21.4 Å². The quantitative estimate of drug-likeness (QED) is 0.310. The molecule has 4 aromatic rings. The average Bonchev–Trinajstić information content (AvgIpc) is 2.76. The second kappa shape index (κ2) is 9.57. The zero-order chi connectivity index (χ0) is 22.7. The number of carbonyl (C=O) groups is 1. The van der Waals surface area contributed by atoms with Crippen LogP contribution in [0.1, 0.15) is 16.2 Å². The van der Waals surface area contributed by atoms with Crippen molar-refractivity contribution in [1.29, 1.82) is 0 Å². The van der Waals surface area contributed by atoms with E-state index in [0.717, 1.165) is 11.3 Å². The van der Waals surface area contributed by atoms with Gasteiger partial charge >= 0.3 is 0 Å². The van der Waals surface area contributed by atoms with Gasteiger partial charge in [-0.3, -0.25) is 4.79 Å². The first-order valence-corrected chi connectivity index (χ1v) is 10.8. The van der Waals surface area contributed by atoms with E-state index >= 15 is 0 Å². The summed E-state index contributed by atoms with van der Waals surface area (Å²) >= 11 is 18.3. The Morgan fingerprint density at radius 3 is 2.28 bits per heavy atom. The SMILES string of the molecule is Cc1nc(Nc2cccc(C(=O)Nc3c(Cl)cc(Cl)cc3Cl)c2)cc(-c2ccccc2)n1. The topological polar surface area (TPSA) is 66.9 Å². The number of rotatable bonds is 5. The normalized spacial score (nSPS) is 10.6. The molecule has 0 unspecified atom stereocenters. The molecule has 8 heteroatoms. The van der Waals surface area contributed by atoms with Gasteiger partial charge in [0.1, 0.15) is 11.6 Å². The van der Waals surface area contributed by atoms with Gasteiger partial charge in [0.2, 0.25) is 0 Å². The van der Waals surface area contributed by atoms with Crippen LogP contribution in [0.5, 0.6) is 0 Å². The fourth-order valence-electron chi connectivity index (χ4n) is 3.12. The highest BCUT2D eigenvalue weighted by Crippen LogP contribution is 2.34. The molecule has 1 aromatic heterocycles. The van der Waals surface area contributed by atoms with E-state index < -0.39 is 0 Å². The molecule has 1 heterocycles. The van der Waals surface area contributed by atoms with E-state index in [1.807, 2.05) is 49.4 Å². The Balaban J connectivity index is 1.56. The van der Waals surface area contributed by atoms with Crippen molar-refractivity contribution >= 4 is 57.9 Å². The number of aryl methyl sites for hydroxylation is 1. The molecule has 0 aliphatic rings. The molecule has 0 radical (unpaired) electrons. The number of hydrogen-bond donors (Lipinski definition) is 2. The van der Waals surface area contributed by atoms with Crippen LogP contribution in [-0.2, 0) is 0 Å². The van der Waals surface area contributed by atoms with Crippen molar-refractivity contribution in [2.75, 3.05) is 10.6 Å². The molecule has 32 heavy (non-hydrogen) atoms. The summed E-state index contributed by atoms with van der Waals surface area (Å²) < 4.78 is 0. The minimum atomic E-state index is -0.358. The third-order valence-corrected chi connectivity index (χ3v) is 5.36. The molecule has 4 rings (SSSR count). The van der Waals surface area contributed by atoms with E-state index in [1.54, 1.807) is 18.2 Å². The van der Waals surface area contributed by atoms with Gasteiger partial charge in [-0.05, 0) is 37.3 Å². The fourth-order valence-corrected chi connectivity index (χ4v) is 4.03. The van der Waals surface area contributed by atoms with E-state index in [1.165, 1.54) is 12.1 Å². The number of amides is 1. The number of halogens is 3. The Hall–Kier alpha value is -3.12. The van der Waals surface area contributed by atoms with Crippen LogP contribution < -0.4 is 10.6 Å². The molecular formula is C24H17Cl3N4O. The van der Waals surface area contributed by atoms with Crippen molar-refractivity contribution in [2.24, 2.45) is 0 Å². The maximum absolute atomic E-state index is 12.8. The molecule has 0 fully saturated rings. The predicted octanol–water partition coefficient (Wildman–Crippen LogP) is 7.41. The summed E-state index contributed by atoms with van der Waals surface area (Å²) in [6.45, 7) is 1.83. The number of aromatic nitrogens is 2. The lowest BCUT2D eigenvalue weighted by atomic mass is 10.1. The van der Waals surface area contributed by atoms with E-state index in [0.29, 0.717) is 33.6 Å². The van der Waals surface area contributed by atoms with Crippen LogP contribution in [0.15, 0.2) is 72.8 Å². The molecular weight excluding hydrogens is 467 g/mol. The molecule has 160 valence electrons. The van der Waals surface area contributed by atoms with Gasteiger partial charge in [-0.15, -0.1) is 0 Å². The molecule has 2 N–H and O–H groups in total. The second-order valence-corrected chi connectivity index (χ2v) is 8.21. The fraction of sp³-hybridized carbons (Fsp3) is 0.0417.